The van der Waals surface area contributed by atoms with E-state index in [1.165, 1.54) is 0 Å². The first kappa shape index (κ1) is 13.0. The van der Waals surface area contributed by atoms with Crippen LogP contribution in [0, 0.1) is 0 Å². The van der Waals surface area contributed by atoms with Crippen LogP contribution in [0.25, 0.3) is 11.1 Å². The van der Waals surface area contributed by atoms with Gasteiger partial charge in [-0.25, -0.2) is 0 Å². The summed E-state index contributed by atoms with van der Waals surface area (Å²) in [7, 11) is 0. The molecule has 4 nitrogen and oxygen atoms in total. The summed E-state index contributed by atoms with van der Waals surface area (Å²) in [5.74, 6) is -0.223. The third-order valence-electron chi connectivity index (χ3n) is 3.01. The van der Waals surface area contributed by atoms with Crippen molar-refractivity contribution in [2.24, 2.45) is 0 Å². The Morgan fingerprint density at radius 3 is 2.57 bits per heavy atom. The predicted octanol–water partition coefficient (Wildman–Crippen LogP) is 3.40. The van der Waals surface area contributed by atoms with Gasteiger partial charge in [-0.2, -0.15) is 0 Å². The molecule has 0 unspecified atom stereocenters. The number of rotatable bonds is 3. The fourth-order valence-corrected chi connectivity index (χ4v) is 2.00. The molecule has 1 N–H and O–H groups in total. The molecule has 0 radical (unpaired) electrons. The minimum Gasteiger partial charge on any atom is -0.321 e. The van der Waals surface area contributed by atoms with Crippen molar-refractivity contribution in [1.82, 2.24) is 9.97 Å². The Morgan fingerprint density at radius 1 is 0.905 bits per heavy atom. The minimum absolute atomic E-state index is 0.223. The average Bonchev–Trinajstić information content (AvgIpc) is 2.57. The molecule has 3 aromatic rings. The molecule has 4 heteroatoms. The van der Waals surface area contributed by atoms with E-state index >= 15 is 0 Å². The molecule has 3 rings (SSSR count). The van der Waals surface area contributed by atoms with E-state index in [-0.39, 0.29) is 5.91 Å². The zero-order valence-electron chi connectivity index (χ0n) is 11.2. The summed E-state index contributed by atoms with van der Waals surface area (Å²) in [4.78, 5) is 20.2. The number of carbonyl (C=O) groups is 1. The standard InChI is InChI=1S/C17H13N3O/c21-17(16-8-1-2-10-19-16)20-15-7-3-5-13(11-15)14-6-4-9-18-12-14/h1-12H,(H,20,21). The molecule has 0 spiro atoms. The fraction of sp³-hybridized carbons (Fsp3) is 0. The van der Waals surface area contributed by atoms with Gasteiger partial charge in [0.15, 0.2) is 0 Å². The second kappa shape index (κ2) is 5.96. The Balaban J connectivity index is 1.83. The van der Waals surface area contributed by atoms with Gasteiger partial charge in [0.05, 0.1) is 0 Å². The Kier molecular flexibility index (Phi) is 3.69. The first-order chi connectivity index (χ1) is 10.3. The molecule has 0 atom stereocenters. The van der Waals surface area contributed by atoms with Crippen LogP contribution in [0.1, 0.15) is 10.5 Å². The first-order valence-electron chi connectivity index (χ1n) is 6.56. The van der Waals surface area contributed by atoms with Crippen molar-refractivity contribution in [3.05, 3.63) is 78.9 Å². The maximum absolute atomic E-state index is 12.1. The van der Waals surface area contributed by atoms with E-state index in [2.05, 4.69) is 15.3 Å². The highest BCUT2D eigenvalue weighted by molar-refractivity contribution is 6.03. The number of nitrogens with one attached hydrogen (secondary N) is 1. The molecular weight excluding hydrogens is 262 g/mol. The van der Waals surface area contributed by atoms with Gasteiger partial charge in [0.2, 0.25) is 0 Å². The van der Waals surface area contributed by atoms with Crippen molar-refractivity contribution < 1.29 is 4.79 Å². The molecule has 1 amide bonds. The molecule has 0 aliphatic heterocycles. The number of pyridine rings is 2. The van der Waals surface area contributed by atoms with Crippen LogP contribution in [-0.2, 0) is 0 Å². The maximum Gasteiger partial charge on any atom is 0.274 e. The summed E-state index contributed by atoms with van der Waals surface area (Å²) in [5.41, 5.74) is 3.13. The molecule has 0 aliphatic rings. The molecular formula is C17H13N3O. The Labute approximate surface area is 122 Å². The average molecular weight is 275 g/mol. The lowest BCUT2D eigenvalue weighted by Gasteiger charge is -2.07. The van der Waals surface area contributed by atoms with Gasteiger partial charge < -0.3 is 5.32 Å². The normalized spacial score (nSPS) is 10.1. The number of anilines is 1. The van der Waals surface area contributed by atoms with E-state index < -0.39 is 0 Å². The van der Waals surface area contributed by atoms with Crippen LogP contribution in [0.15, 0.2) is 73.2 Å². The molecule has 1 aromatic carbocycles. The number of benzene rings is 1. The van der Waals surface area contributed by atoms with Gasteiger partial charge in [-0.1, -0.05) is 24.3 Å². The van der Waals surface area contributed by atoms with Gasteiger partial charge >= 0.3 is 0 Å². The third kappa shape index (κ3) is 3.12. The predicted molar refractivity (Wildman–Crippen MR) is 81.9 cm³/mol. The molecule has 21 heavy (non-hydrogen) atoms. The minimum atomic E-state index is -0.223. The lowest BCUT2D eigenvalue weighted by Crippen LogP contribution is -2.13. The molecule has 0 bridgehead atoms. The highest BCUT2D eigenvalue weighted by atomic mass is 16.1. The van der Waals surface area contributed by atoms with Crippen LogP contribution in [-0.4, -0.2) is 15.9 Å². The summed E-state index contributed by atoms with van der Waals surface area (Å²) in [5, 5.41) is 2.85. The molecule has 0 saturated heterocycles. The lowest BCUT2D eigenvalue weighted by atomic mass is 10.1. The van der Waals surface area contributed by atoms with Crippen LogP contribution >= 0.6 is 0 Å². The smallest absolute Gasteiger partial charge is 0.274 e. The summed E-state index contributed by atoms with van der Waals surface area (Å²) in [6.07, 6.45) is 5.12. The van der Waals surface area contributed by atoms with Crippen molar-refractivity contribution >= 4 is 11.6 Å². The molecule has 102 valence electrons. The second-order valence-electron chi connectivity index (χ2n) is 4.49. The van der Waals surface area contributed by atoms with Crippen LogP contribution in [0.3, 0.4) is 0 Å². The van der Waals surface area contributed by atoms with E-state index in [1.54, 1.807) is 36.8 Å². The van der Waals surface area contributed by atoms with Crippen LogP contribution < -0.4 is 5.32 Å². The van der Waals surface area contributed by atoms with Gasteiger partial charge in [-0.15, -0.1) is 0 Å². The zero-order valence-corrected chi connectivity index (χ0v) is 11.2. The van der Waals surface area contributed by atoms with Gasteiger partial charge in [0, 0.05) is 29.8 Å². The lowest BCUT2D eigenvalue weighted by molar-refractivity contribution is 0.102. The van der Waals surface area contributed by atoms with Crippen LogP contribution in [0.2, 0.25) is 0 Å². The molecule has 0 saturated carbocycles. The molecule has 2 heterocycles. The highest BCUT2D eigenvalue weighted by Gasteiger charge is 2.07. The third-order valence-corrected chi connectivity index (χ3v) is 3.01. The topological polar surface area (TPSA) is 54.9 Å². The molecule has 0 fully saturated rings. The summed E-state index contributed by atoms with van der Waals surface area (Å²) < 4.78 is 0. The van der Waals surface area contributed by atoms with Crippen molar-refractivity contribution in [2.75, 3.05) is 5.32 Å². The fourth-order valence-electron chi connectivity index (χ4n) is 2.00. The number of hydrogen-bond donors (Lipinski definition) is 1. The number of hydrogen-bond acceptors (Lipinski definition) is 3. The first-order valence-corrected chi connectivity index (χ1v) is 6.56. The summed E-state index contributed by atoms with van der Waals surface area (Å²) in [6, 6.07) is 16.7. The van der Waals surface area contributed by atoms with Crippen molar-refractivity contribution in [2.45, 2.75) is 0 Å². The van der Waals surface area contributed by atoms with Crippen LogP contribution in [0.5, 0.6) is 0 Å². The largest absolute Gasteiger partial charge is 0.321 e. The van der Waals surface area contributed by atoms with Gasteiger partial charge in [-0.3, -0.25) is 14.8 Å². The Morgan fingerprint density at radius 2 is 1.81 bits per heavy atom. The van der Waals surface area contributed by atoms with Crippen molar-refractivity contribution in [3.8, 4) is 11.1 Å². The summed E-state index contributed by atoms with van der Waals surface area (Å²) in [6.45, 7) is 0. The number of nitrogens with zero attached hydrogens (tertiary/aromatic N) is 2. The van der Waals surface area contributed by atoms with Gasteiger partial charge in [-0.05, 0) is 35.9 Å². The zero-order chi connectivity index (χ0) is 14.5. The van der Waals surface area contributed by atoms with Crippen molar-refractivity contribution in [1.29, 1.82) is 0 Å². The number of amides is 1. The monoisotopic (exact) mass is 275 g/mol. The molecule has 2 aromatic heterocycles. The van der Waals surface area contributed by atoms with E-state index in [9.17, 15) is 4.79 Å². The maximum atomic E-state index is 12.1. The molecule has 0 aliphatic carbocycles. The van der Waals surface area contributed by atoms with E-state index in [1.807, 2.05) is 36.4 Å². The van der Waals surface area contributed by atoms with Gasteiger partial charge in [0.1, 0.15) is 5.69 Å². The van der Waals surface area contributed by atoms with E-state index in [0.29, 0.717) is 5.69 Å². The van der Waals surface area contributed by atoms with Crippen LogP contribution in [0.4, 0.5) is 5.69 Å². The Hall–Kier alpha value is -3.01. The van der Waals surface area contributed by atoms with E-state index in [0.717, 1.165) is 16.8 Å². The summed E-state index contributed by atoms with van der Waals surface area (Å²) >= 11 is 0. The number of aromatic nitrogens is 2. The Bertz CT molecular complexity index is 742. The second-order valence-corrected chi connectivity index (χ2v) is 4.49. The SMILES string of the molecule is O=C(Nc1cccc(-c2cccnc2)c1)c1ccccn1. The quantitative estimate of drug-likeness (QED) is 0.797. The van der Waals surface area contributed by atoms with Crippen molar-refractivity contribution in [3.63, 3.8) is 0 Å². The number of carbonyl (C=O) groups excluding carboxylic acids is 1. The van der Waals surface area contributed by atoms with Gasteiger partial charge in [0.25, 0.3) is 5.91 Å². The highest BCUT2D eigenvalue weighted by Crippen LogP contribution is 2.21. The van der Waals surface area contributed by atoms with E-state index in [4.69, 9.17) is 0 Å².